The zero-order chi connectivity index (χ0) is 6.85. The van der Waals surface area contributed by atoms with Crippen LogP contribution < -0.4 is 5.32 Å². The standard InChI is InChI=1S/C6H14N2O.ClH/c1-5-3-7-4-6(2)8(5)9;/h5-7,9H,3-4H2,1-2H3;1H. The maximum atomic E-state index is 9.24. The number of hydrogen-bond acceptors (Lipinski definition) is 3. The molecule has 4 heteroatoms. The molecule has 62 valence electrons. The van der Waals surface area contributed by atoms with E-state index >= 15 is 0 Å². The molecule has 0 bridgehead atoms. The quantitative estimate of drug-likeness (QED) is 0.550. The molecule has 2 N–H and O–H groups in total. The van der Waals surface area contributed by atoms with Crippen LogP contribution in [-0.4, -0.2) is 35.4 Å². The van der Waals surface area contributed by atoms with Gasteiger partial charge in [-0.1, -0.05) is 0 Å². The Balaban J connectivity index is 0.000000810. The fourth-order valence-electron chi connectivity index (χ4n) is 1.12. The Morgan fingerprint density at radius 2 is 1.70 bits per heavy atom. The van der Waals surface area contributed by atoms with Crippen molar-refractivity contribution in [3.63, 3.8) is 0 Å². The van der Waals surface area contributed by atoms with Crippen LogP contribution in [0.25, 0.3) is 0 Å². The van der Waals surface area contributed by atoms with Gasteiger partial charge in [0.15, 0.2) is 0 Å². The monoisotopic (exact) mass is 166 g/mol. The first-order valence-electron chi connectivity index (χ1n) is 3.39. The molecule has 0 aliphatic carbocycles. The molecule has 1 heterocycles. The maximum Gasteiger partial charge on any atom is 0.0450 e. The highest BCUT2D eigenvalue weighted by Crippen LogP contribution is 2.04. The third kappa shape index (κ3) is 2.09. The molecule has 1 rings (SSSR count). The van der Waals surface area contributed by atoms with Gasteiger partial charge in [0.05, 0.1) is 0 Å². The molecule has 3 nitrogen and oxygen atoms in total. The van der Waals surface area contributed by atoms with E-state index in [4.69, 9.17) is 0 Å². The third-order valence-electron chi connectivity index (χ3n) is 1.78. The molecule has 2 atom stereocenters. The van der Waals surface area contributed by atoms with Gasteiger partial charge in [0.25, 0.3) is 0 Å². The Bertz CT molecular complexity index is 91.7. The Morgan fingerprint density at radius 3 is 2.00 bits per heavy atom. The van der Waals surface area contributed by atoms with E-state index in [-0.39, 0.29) is 24.5 Å². The van der Waals surface area contributed by atoms with Crippen LogP contribution in [0.1, 0.15) is 13.8 Å². The highest BCUT2D eigenvalue weighted by molar-refractivity contribution is 5.85. The SMILES string of the molecule is CC1CNCC(C)N1O.Cl. The first-order valence-corrected chi connectivity index (χ1v) is 3.39. The zero-order valence-corrected chi connectivity index (χ0v) is 7.19. The third-order valence-corrected chi connectivity index (χ3v) is 1.78. The topological polar surface area (TPSA) is 35.5 Å². The molecule has 1 fully saturated rings. The lowest BCUT2D eigenvalue weighted by atomic mass is 10.2. The van der Waals surface area contributed by atoms with Crippen molar-refractivity contribution in [1.29, 1.82) is 0 Å². The van der Waals surface area contributed by atoms with E-state index in [2.05, 4.69) is 5.32 Å². The van der Waals surface area contributed by atoms with Gasteiger partial charge in [-0.05, 0) is 13.8 Å². The van der Waals surface area contributed by atoms with E-state index in [9.17, 15) is 5.21 Å². The Kier molecular flexibility index (Phi) is 4.20. The van der Waals surface area contributed by atoms with E-state index in [1.807, 2.05) is 13.8 Å². The first kappa shape index (κ1) is 10.2. The number of halogens is 1. The highest BCUT2D eigenvalue weighted by atomic mass is 35.5. The van der Waals surface area contributed by atoms with Crippen molar-refractivity contribution < 1.29 is 5.21 Å². The van der Waals surface area contributed by atoms with E-state index < -0.39 is 0 Å². The van der Waals surface area contributed by atoms with E-state index in [0.29, 0.717) is 0 Å². The van der Waals surface area contributed by atoms with Crippen molar-refractivity contribution in [3.05, 3.63) is 0 Å². The Hall–Kier alpha value is 0.170. The smallest absolute Gasteiger partial charge is 0.0450 e. The molecule has 1 aliphatic heterocycles. The summed E-state index contributed by atoms with van der Waals surface area (Å²) < 4.78 is 0. The predicted molar refractivity (Wildman–Crippen MR) is 42.7 cm³/mol. The fraction of sp³-hybridized carbons (Fsp3) is 1.00. The molecule has 0 radical (unpaired) electrons. The summed E-state index contributed by atoms with van der Waals surface area (Å²) in [6.07, 6.45) is 0. The molecular formula is C6H15ClN2O. The molecule has 0 saturated carbocycles. The average molecular weight is 167 g/mol. The molecule has 2 unspecified atom stereocenters. The summed E-state index contributed by atoms with van der Waals surface area (Å²) in [4.78, 5) is 0. The minimum Gasteiger partial charge on any atom is -0.313 e. The summed E-state index contributed by atoms with van der Waals surface area (Å²) in [5, 5.41) is 13.9. The van der Waals surface area contributed by atoms with Crippen molar-refractivity contribution in [2.75, 3.05) is 13.1 Å². The second-order valence-corrected chi connectivity index (χ2v) is 2.74. The van der Waals surface area contributed by atoms with Gasteiger partial charge >= 0.3 is 0 Å². The number of piperazine rings is 1. The van der Waals surface area contributed by atoms with Crippen molar-refractivity contribution in [1.82, 2.24) is 10.4 Å². The maximum absolute atomic E-state index is 9.24. The molecule has 0 spiro atoms. The van der Waals surface area contributed by atoms with Crippen molar-refractivity contribution in [2.24, 2.45) is 0 Å². The van der Waals surface area contributed by atoms with Crippen LogP contribution in [0.5, 0.6) is 0 Å². The van der Waals surface area contributed by atoms with Gasteiger partial charge in [-0.2, -0.15) is 5.06 Å². The largest absolute Gasteiger partial charge is 0.313 e. The first-order chi connectivity index (χ1) is 4.22. The highest BCUT2D eigenvalue weighted by Gasteiger charge is 2.21. The van der Waals surface area contributed by atoms with Crippen LogP contribution in [0.15, 0.2) is 0 Å². The molecule has 0 aromatic carbocycles. The van der Waals surface area contributed by atoms with Gasteiger partial charge in [0.2, 0.25) is 0 Å². The summed E-state index contributed by atoms with van der Waals surface area (Å²) in [5.41, 5.74) is 0. The fourth-order valence-corrected chi connectivity index (χ4v) is 1.12. The second kappa shape index (κ2) is 4.13. The van der Waals surface area contributed by atoms with E-state index in [1.54, 1.807) is 0 Å². The number of nitrogens with one attached hydrogen (secondary N) is 1. The lowest BCUT2D eigenvalue weighted by molar-refractivity contribution is -0.160. The summed E-state index contributed by atoms with van der Waals surface area (Å²) >= 11 is 0. The number of hydrogen-bond donors (Lipinski definition) is 2. The van der Waals surface area contributed by atoms with Crippen molar-refractivity contribution in [2.45, 2.75) is 25.9 Å². The van der Waals surface area contributed by atoms with Crippen molar-refractivity contribution in [3.8, 4) is 0 Å². The Labute approximate surface area is 67.8 Å². The zero-order valence-electron chi connectivity index (χ0n) is 6.37. The minimum absolute atomic E-state index is 0. The van der Waals surface area contributed by atoms with Crippen LogP contribution in [0.3, 0.4) is 0 Å². The van der Waals surface area contributed by atoms with E-state index in [0.717, 1.165) is 13.1 Å². The van der Waals surface area contributed by atoms with Crippen LogP contribution >= 0.6 is 12.4 Å². The molecule has 1 aliphatic rings. The van der Waals surface area contributed by atoms with Gasteiger partial charge in [-0.25, -0.2) is 0 Å². The molecule has 1 saturated heterocycles. The normalized spacial score (nSPS) is 35.1. The van der Waals surface area contributed by atoms with E-state index in [1.165, 1.54) is 5.06 Å². The van der Waals surface area contributed by atoms with Gasteiger partial charge in [0.1, 0.15) is 0 Å². The summed E-state index contributed by atoms with van der Waals surface area (Å²) in [5.74, 6) is 0. The number of rotatable bonds is 0. The minimum atomic E-state index is 0. The van der Waals surface area contributed by atoms with Gasteiger partial charge in [-0.15, -0.1) is 12.4 Å². The lowest BCUT2D eigenvalue weighted by Crippen LogP contribution is -2.53. The number of hydroxylamine groups is 2. The van der Waals surface area contributed by atoms with Crippen LogP contribution in [0.4, 0.5) is 0 Å². The molecule has 0 aromatic heterocycles. The van der Waals surface area contributed by atoms with Crippen LogP contribution in [0, 0.1) is 0 Å². The summed E-state index contributed by atoms with van der Waals surface area (Å²) in [6, 6.07) is 0.516. The lowest BCUT2D eigenvalue weighted by Gasteiger charge is -2.33. The Morgan fingerprint density at radius 1 is 1.30 bits per heavy atom. The molecule has 0 amide bonds. The second-order valence-electron chi connectivity index (χ2n) is 2.74. The predicted octanol–water partition coefficient (Wildman–Crippen LogP) is 0.480. The summed E-state index contributed by atoms with van der Waals surface area (Å²) in [6.45, 7) is 5.78. The number of nitrogens with zero attached hydrogens (tertiary/aromatic N) is 1. The van der Waals surface area contributed by atoms with Gasteiger partial charge in [0, 0.05) is 25.2 Å². The summed E-state index contributed by atoms with van der Waals surface area (Å²) in [7, 11) is 0. The molecule has 0 aromatic rings. The molecular weight excluding hydrogens is 152 g/mol. The van der Waals surface area contributed by atoms with Crippen molar-refractivity contribution >= 4 is 12.4 Å². The van der Waals surface area contributed by atoms with Crippen LogP contribution in [0.2, 0.25) is 0 Å². The average Bonchev–Trinajstić information content (AvgIpc) is 1.83. The van der Waals surface area contributed by atoms with Gasteiger partial charge in [-0.3, -0.25) is 0 Å². The van der Waals surface area contributed by atoms with Gasteiger partial charge < -0.3 is 10.5 Å². The van der Waals surface area contributed by atoms with Crippen LogP contribution in [-0.2, 0) is 0 Å². The molecule has 10 heavy (non-hydrogen) atoms.